The van der Waals surface area contributed by atoms with Crippen molar-refractivity contribution in [2.45, 2.75) is 52.6 Å². The third kappa shape index (κ3) is 6.24. The zero-order valence-corrected chi connectivity index (χ0v) is 19.7. The van der Waals surface area contributed by atoms with Crippen molar-refractivity contribution in [1.29, 1.82) is 0 Å². The van der Waals surface area contributed by atoms with E-state index in [-0.39, 0.29) is 5.91 Å². The summed E-state index contributed by atoms with van der Waals surface area (Å²) in [6.45, 7) is 11.1. The molecule has 7 nitrogen and oxygen atoms in total. The van der Waals surface area contributed by atoms with E-state index in [4.69, 9.17) is 17.0 Å². The topological polar surface area (TPSA) is 75.2 Å². The van der Waals surface area contributed by atoms with Crippen LogP contribution >= 0.6 is 12.2 Å². The molecule has 170 valence electrons. The highest BCUT2D eigenvalue weighted by Crippen LogP contribution is 2.20. The Kier molecular flexibility index (Phi) is 8.80. The number of morpholine rings is 1. The summed E-state index contributed by atoms with van der Waals surface area (Å²) in [6.07, 6.45) is 2.59. The second-order valence-corrected chi connectivity index (χ2v) is 8.61. The standard InChI is InChI=1S/C23H35N5O2S/c1-4-18(5-2)20(27-11-13-30-14-12-27)16-24-21(29)9-10-28-22(25-26-23(28)31)19-8-6-7-17(3)15-19/h6-8,15,18,20H,4-5,9-14,16H2,1-3H3,(H,24,29)(H,26,31)/t20-/m1/s1. The van der Waals surface area contributed by atoms with Crippen LogP contribution in [-0.4, -0.2) is 64.5 Å². The van der Waals surface area contributed by atoms with E-state index in [0.717, 1.165) is 56.1 Å². The van der Waals surface area contributed by atoms with Gasteiger partial charge in [0.05, 0.1) is 13.2 Å². The number of ether oxygens (including phenoxy) is 1. The van der Waals surface area contributed by atoms with Crippen LogP contribution in [-0.2, 0) is 16.1 Å². The highest BCUT2D eigenvalue weighted by atomic mass is 32.1. The number of hydrogen-bond acceptors (Lipinski definition) is 5. The second kappa shape index (κ2) is 11.5. The first-order valence-corrected chi connectivity index (χ1v) is 11.7. The Hall–Kier alpha value is -2.03. The lowest BCUT2D eigenvalue weighted by atomic mass is 9.92. The number of aromatic nitrogens is 3. The van der Waals surface area contributed by atoms with Crippen LogP contribution in [0.4, 0.5) is 0 Å². The van der Waals surface area contributed by atoms with Gasteiger partial charge in [0.25, 0.3) is 0 Å². The molecule has 1 saturated heterocycles. The Balaban J connectivity index is 1.61. The molecule has 1 amide bonds. The van der Waals surface area contributed by atoms with Crippen LogP contribution in [0.25, 0.3) is 11.4 Å². The van der Waals surface area contributed by atoms with Gasteiger partial charge in [0.15, 0.2) is 10.6 Å². The molecule has 8 heteroatoms. The molecule has 2 N–H and O–H groups in total. The van der Waals surface area contributed by atoms with E-state index in [2.05, 4.69) is 40.3 Å². The van der Waals surface area contributed by atoms with Gasteiger partial charge >= 0.3 is 0 Å². The van der Waals surface area contributed by atoms with Crippen molar-refractivity contribution in [1.82, 2.24) is 25.0 Å². The van der Waals surface area contributed by atoms with Crippen molar-refractivity contribution in [2.24, 2.45) is 5.92 Å². The number of aryl methyl sites for hydroxylation is 1. The summed E-state index contributed by atoms with van der Waals surface area (Å²) in [5.41, 5.74) is 2.15. The molecular formula is C23H35N5O2S. The predicted molar refractivity (Wildman–Crippen MR) is 125 cm³/mol. The quantitative estimate of drug-likeness (QED) is 0.547. The summed E-state index contributed by atoms with van der Waals surface area (Å²) in [4.78, 5) is 15.2. The lowest BCUT2D eigenvalue weighted by Crippen LogP contribution is -2.52. The SMILES string of the molecule is CCC(CC)[C@@H](CNC(=O)CCn1c(-c2cccc(C)c2)n[nH]c1=S)N1CCOCC1. The van der Waals surface area contributed by atoms with E-state index in [9.17, 15) is 4.79 Å². The van der Waals surface area contributed by atoms with Gasteiger partial charge in [-0.1, -0.05) is 50.5 Å². The average molecular weight is 446 g/mol. The summed E-state index contributed by atoms with van der Waals surface area (Å²) in [7, 11) is 0. The second-order valence-electron chi connectivity index (χ2n) is 8.22. The lowest BCUT2D eigenvalue weighted by molar-refractivity contribution is -0.121. The van der Waals surface area contributed by atoms with Crippen LogP contribution in [0.3, 0.4) is 0 Å². The van der Waals surface area contributed by atoms with Crippen molar-refractivity contribution in [3.8, 4) is 11.4 Å². The molecular weight excluding hydrogens is 410 g/mol. The van der Waals surface area contributed by atoms with Crippen LogP contribution in [0.15, 0.2) is 24.3 Å². The third-order valence-electron chi connectivity index (χ3n) is 6.21. The number of carbonyl (C=O) groups excluding carboxylic acids is 1. The van der Waals surface area contributed by atoms with Crippen molar-refractivity contribution in [3.05, 3.63) is 34.6 Å². The zero-order valence-electron chi connectivity index (χ0n) is 18.9. The number of nitrogens with zero attached hydrogens (tertiary/aromatic N) is 3. The van der Waals surface area contributed by atoms with Gasteiger partial charge in [-0.3, -0.25) is 19.4 Å². The molecule has 1 aliphatic heterocycles. The van der Waals surface area contributed by atoms with Crippen LogP contribution < -0.4 is 5.32 Å². The molecule has 0 unspecified atom stereocenters. The monoisotopic (exact) mass is 445 g/mol. The van der Waals surface area contributed by atoms with E-state index in [1.807, 2.05) is 29.7 Å². The average Bonchev–Trinajstić information content (AvgIpc) is 3.16. The Morgan fingerprint density at radius 2 is 2.03 bits per heavy atom. The molecule has 0 spiro atoms. The fourth-order valence-electron chi connectivity index (χ4n) is 4.39. The van der Waals surface area contributed by atoms with Gasteiger partial charge in [-0.2, -0.15) is 5.10 Å². The molecule has 31 heavy (non-hydrogen) atoms. The van der Waals surface area contributed by atoms with E-state index in [1.54, 1.807) is 0 Å². The van der Waals surface area contributed by atoms with Crippen molar-refractivity contribution in [2.75, 3.05) is 32.8 Å². The maximum absolute atomic E-state index is 12.7. The molecule has 1 fully saturated rings. The van der Waals surface area contributed by atoms with E-state index < -0.39 is 0 Å². The smallest absolute Gasteiger partial charge is 0.221 e. The molecule has 0 aliphatic carbocycles. The fourth-order valence-corrected chi connectivity index (χ4v) is 4.61. The predicted octanol–water partition coefficient (Wildman–Crippen LogP) is 3.56. The number of carbonyl (C=O) groups is 1. The minimum Gasteiger partial charge on any atom is -0.379 e. The number of rotatable bonds is 10. The number of hydrogen-bond donors (Lipinski definition) is 2. The molecule has 1 atom stereocenters. The van der Waals surface area contributed by atoms with Gasteiger partial charge in [0, 0.05) is 44.2 Å². The van der Waals surface area contributed by atoms with Crippen LogP contribution in [0.5, 0.6) is 0 Å². The summed E-state index contributed by atoms with van der Waals surface area (Å²) >= 11 is 5.41. The third-order valence-corrected chi connectivity index (χ3v) is 6.52. The minimum absolute atomic E-state index is 0.0440. The zero-order chi connectivity index (χ0) is 22.2. The van der Waals surface area contributed by atoms with Gasteiger partial charge < -0.3 is 10.1 Å². The lowest BCUT2D eigenvalue weighted by Gasteiger charge is -2.38. The molecule has 2 heterocycles. The van der Waals surface area contributed by atoms with Gasteiger partial charge in [-0.05, 0) is 31.1 Å². The van der Waals surface area contributed by atoms with Crippen molar-refractivity contribution in [3.63, 3.8) is 0 Å². The molecule has 0 radical (unpaired) electrons. The summed E-state index contributed by atoms with van der Waals surface area (Å²) in [5.74, 6) is 1.38. The Bertz CT molecular complexity index is 899. The van der Waals surface area contributed by atoms with E-state index in [0.29, 0.717) is 36.2 Å². The highest BCUT2D eigenvalue weighted by Gasteiger charge is 2.27. The number of H-pyrrole nitrogens is 1. The fraction of sp³-hybridized carbons (Fsp3) is 0.609. The molecule has 2 aromatic rings. The van der Waals surface area contributed by atoms with Crippen LogP contribution in [0.1, 0.15) is 38.7 Å². The summed E-state index contributed by atoms with van der Waals surface area (Å²) in [5, 5.41) is 10.4. The molecule has 1 aromatic carbocycles. The first kappa shape index (κ1) is 23.6. The van der Waals surface area contributed by atoms with Gasteiger partial charge in [-0.25, -0.2) is 0 Å². The summed E-state index contributed by atoms with van der Waals surface area (Å²) in [6, 6.07) is 8.49. The normalized spacial score (nSPS) is 15.9. The number of amides is 1. The Labute approximate surface area is 190 Å². The molecule has 0 bridgehead atoms. The van der Waals surface area contributed by atoms with Crippen LogP contribution in [0.2, 0.25) is 0 Å². The van der Waals surface area contributed by atoms with Gasteiger partial charge in [-0.15, -0.1) is 0 Å². The van der Waals surface area contributed by atoms with Gasteiger partial charge in [0.1, 0.15) is 0 Å². The Morgan fingerprint density at radius 3 is 2.71 bits per heavy atom. The van der Waals surface area contributed by atoms with E-state index in [1.165, 1.54) is 0 Å². The van der Waals surface area contributed by atoms with Gasteiger partial charge in [0.2, 0.25) is 5.91 Å². The molecule has 0 saturated carbocycles. The molecule has 3 rings (SSSR count). The number of benzene rings is 1. The first-order valence-electron chi connectivity index (χ1n) is 11.3. The maximum atomic E-state index is 12.7. The van der Waals surface area contributed by atoms with Crippen molar-refractivity contribution < 1.29 is 9.53 Å². The number of nitrogens with one attached hydrogen (secondary N) is 2. The number of aromatic amines is 1. The van der Waals surface area contributed by atoms with Crippen molar-refractivity contribution >= 4 is 18.1 Å². The highest BCUT2D eigenvalue weighted by molar-refractivity contribution is 7.71. The minimum atomic E-state index is 0.0440. The molecule has 1 aliphatic rings. The first-order chi connectivity index (χ1) is 15.0. The maximum Gasteiger partial charge on any atom is 0.221 e. The van der Waals surface area contributed by atoms with E-state index >= 15 is 0 Å². The van der Waals surface area contributed by atoms with Crippen LogP contribution in [0, 0.1) is 17.6 Å². The molecule has 1 aromatic heterocycles. The summed E-state index contributed by atoms with van der Waals surface area (Å²) < 4.78 is 7.96. The largest absolute Gasteiger partial charge is 0.379 e. The Morgan fingerprint density at radius 1 is 1.29 bits per heavy atom.